The number of urea groups is 1. The first kappa shape index (κ1) is 20.7. The predicted molar refractivity (Wildman–Crippen MR) is 120 cm³/mol. The van der Waals surface area contributed by atoms with E-state index >= 15 is 0 Å². The van der Waals surface area contributed by atoms with Gasteiger partial charge in [-0.2, -0.15) is 5.10 Å². The molecule has 0 fully saturated rings. The molecule has 9 heteroatoms. The lowest BCUT2D eigenvalue weighted by molar-refractivity contribution is 0.102. The molecule has 0 spiro atoms. The van der Waals surface area contributed by atoms with Crippen LogP contribution in [0.2, 0.25) is 0 Å². The van der Waals surface area contributed by atoms with Gasteiger partial charge in [0, 0.05) is 23.1 Å². The SMILES string of the molecule is Cc1cc(NC(=O)c2cccc(-n3cc(NC(=O)Nc4ccccc4F)cn3)c2)ccn1. The van der Waals surface area contributed by atoms with Gasteiger partial charge in [0.2, 0.25) is 0 Å². The van der Waals surface area contributed by atoms with Gasteiger partial charge in [-0.05, 0) is 49.4 Å². The number of amides is 3. The third-order valence-corrected chi connectivity index (χ3v) is 4.49. The van der Waals surface area contributed by atoms with E-state index in [-0.39, 0.29) is 11.6 Å². The highest BCUT2D eigenvalue weighted by molar-refractivity contribution is 6.04. The molecule has 4 aromatic rings. The van der Waals surface area contributed by atoms with Crippen LogP contribution in [0.3, 0.4) is 0 Å². The fourth-order valence-corrected chi connectivity index (χ4v) is 2.99. The molecule has 0 radical (unpaired) electrons. The molecular weight excluding hydrogens is 411 g/mol. The number of para-hydroxylation sites is 1. The lowest BCUT2D eigenvalue weighted by atomic mass is 10.2. The fraction of sp³-hybridized carbons (Fsp3) is 0.0435. The summed E-state index contributed by atoms with van der Waals surface area (Å²) in [7, 11) is 0. The number of anilines is 3. The minimum atomic E-state index is -0.601. The Kier molecular flexibility index (Phi) is 5.89. The van der Waals surface area contributed by atoms with Crippen LogP contribution in [-0.2, 0) is 0 Å². The zero-order valence-corrected chi connectivity index (χ0v) is 17.0. The summed E-state index contributed by atoms with van der Waals surface area (Å²) in [4.78, 5) is 28.8. The third kappa shape index (κ3) is 4.96. The van der Waals surface area contributed by atoms with Gasteiger partial charge in [0.15, 0.2) is 0 Å². The van der Waals surface area contributed by atoms with Crippen molar-refractivity contribution in [3.63, 3.8) is 0 Å². The Bertz CT molecular complexity index is 1290. The van der Waals surface area contributed by atoms with Crippen molar-refractivity contribution in [3.8, 4) is 5.69 Å². The molecule has 32 heavy (non-hydrogen) atoms. The van der Waals surface area contributed by atoms with E-state index in [2.05, 4.69) is 26.0 Å². The Balaban J connectivity index is 1.44. The predicted octanol–water partition coefficient (Wildman–Crippen LogP) is 4.61. The largest absolute Gasteiger partial charge is 0.323 e. The van der Waals surface area contributed by atoms with Crippen molar-refractivity contribution in [2.45, 2.75) is 6.92 Å². The van der Waals surface area contributed by atoms with Crippen molar-refractivity contribution in [2.75, 3.05) is 16.0 Å². The van der Waals surface area contributed by atoms with Gasteiger partial charge in [0.05, 0.1) is 29.5 Å². The van der Waals surface area contributed by atoms with Gasteiger partial charge in [-0.1, -0.05) is 18.2 Å². The van der Waals surface area contributed by atoms with Gasteiger partial charge in [0.1, 0.15) is 5.82 Å². The average molecular weight is 430 g/mol. The lowest BCUT2D eigenvalue weighted by Crippen LogP contribution is -2.19. The topological polar surface area (TPSA) is 101 Å². The molecule has 160 valence electrons. The molecule has 3 N–H and O–H groups in total. The van der Waals surface area contributed by atoms with Crippen molar-refractivity contribution in [2.24, 2.45) is 0 Å². The van der Waals surface area contributed by atoms with Crippen LogP contribution in [0, 0.1) is 12.7 Å². The highest BCUT2D eigenvalue weighted by atomic mass is 19.1. The van der Waals surface area contributed by atoms with E-state index in [4.69, 9.17) is 0 Å². The molecule has 0 aliphatic carbocycles. The van der Waals surface area contributed by atoms with E-state index in [1.807, 2.05) is 6.92 Å². The molecular formula is C23H19FN6O2. The Morgan fingerprint density at radius 1 is 0.938 bits per heavy atom. The molecule has 3 amide bonds. The van der Waals surface area contributed by atoms with Crippen LogP contribution in [-0.4, -0.2) is 26.7 Å². The quantitative estimate of drug-likeness (QED) is 0.430. The first-order chi connectivity index (χ1) is 15.5. The number of carbonyl (C=O) groups excluding carboxylic acids is 2. The van der Waals surface area contributed by atoms with E-state index in [1.165, 1.54) is 29.1 Å². The summed E-state index contributed by atoms with van der Waals surface area (Å²) >= 11 is 0. The molecule has 0 aliphatic rings. The number of nitrogens with zero attached hydrogens (tertiary/aromatic N) is 3. The average Bonchev–Trinajstić information content (AvgIpc) is 3.24. The number of nitrogens with one attached hydrogen (secondary N) is 3. The van der Waals surface area contributed by atoms with E-state index < -0.39 is 11.8 Å². The number of halogens is 1. The first-order valence-electron chi connectivity index (χ1n) is 9.69. The standard InChI is InChI=1S/C23H19FN6O2/c1-15-11-17(9-10-25-15)27-22(31)16-5-4-6-19(12-16)30-14-18(13-26-30)28-23(32)29-21-8-3-2-7-20(21)24/h2-14H,1H3,(H,25,27,31)(H2,28,29,32). The summed E-state index contributed by atoms with van der Waals surface area (Å²) in [6.45, 7) is 1.84. The minimum absolute atomic E-state index is 0.0699. The molecule has 0 saturated carbocycles. The number of aryl methyl sites for hydroxylation is 1. The fourth-order valence-electron chi connectivity index (χ4n) is 2.99. The number of hydrogen-bond donors (Lipinski definition) is 3. The lowest BCUT2D eigenvalue weighted by Gasteiger charge is -2.08. The maximum absolute atomic E-state index is 13.7. The Hall–Kier alpha value is -4.53. The van der Waals surface area contributed by atoms with Crippen LogP contribution in [0.25, 0.3) is 5.69 Å². The normalized spacial score (nSPS) is 10.4. The molecule has 0 saturated heterocycles. The molecule has 2 aromatic carbocycles. The van der Waals surface area contributed by atoms with E-state index in [0.29, 0.717) is 22.6 Å². The number of rotatable bonds is 5. The summed E-state index contributed by atoms with van der Waals surface area (Å²) < 4.78 is 15.2. The van der Waals surface area contributed by atoms with Gasteiger partial charge in [-0.25, -0.2) is 13.9 Å². The number of aromatic nitrogens is 3. The van der Waals surface area contributed by atoms with Crippen molar-refractivity contribution in [1.82, 2.24) is 14.8 Å². The maximum atomic E-state index is 13.7. The van der Waals surface area contributed by atoms with Crippen LogP contribution >= 0.6 is 0 Å². The molecule has 0 atom stereocenters. The smallest absolute Gasteiger partial charge is 0.322 e. The zero-order chi connectivity index (χ0) is 22.5. The van der Waals surface area contributed by atoms with Crippen molar-refractivity contribution < 1.29 is 14.0 Å². The number of pyridine rings is 1. The van der Waals surface area contributed by atoms with E-state index in [0.717, 1.165) is 5.69 Å². The highest BCUT2D eigenvalue weighted by Gasteiger charge is 2.11. The van der Waals surface area contributed by atoms with E-state index in [9.17, 15) is 14.0 Å². The van der Waals surface area contributed by atoms with Crippen LogP contribution in [0.1, 0.15) is 16.1 Å². The molecule has 4 rings (SSSR count). The second-order valence-electron chi connectivity index (χ2n) is 6.92. The monoisotopic (exact) mass is 430 g/mol. The molecule has 0 bridgehead atoms. The summed E-state index contributed by atoms with van der Waals surface area (Å²) in [5, 5.41) is 12.1. The van der Waals surface area contributed by atoms with Crippen LogP contribution in [0.5, 0.6) is 0 Å². The summed E-state index contributed by atoms with van der Waals surface area (Å²) in [6.07, 6.45) is 4.67. The molecule has 8 nitrogen and oxygen atoms in total. The molecule has 2 heterocycles. The summed E-state index contributed by atoms with van der Waals surface area (Å²) in [5.74, 6) is -0.803. The Morgan fingerprint density at radius 3 is 2.59 bits per heavy atom. The van der Waals surface area contributed by atoms with Crippen LogP contribution in [0.4, 0.5) is 26.2 Å². The number of carbonyl (C=O) groups is 2. The molecule has 0 unspecified atom stereocenters. The number of benzene rings is 2. The van der Waals surface area contributed by atoms with Crippen LogP contribution in [0.15, 0.2) is 79.3 Å². The third-order valence-electron chi connectivity index (χ3n) is 4.49. The van der Waals surface area contributed by atoms with Gasteiger partial charge >= 0.3 is 6.03 Å². The molecule has 2 aromatic heterocycles. The van der Waals surface area contributed by atoms with Crippen LogP contribution < -0.4 is 16.0 Å². The van der Waals surface area contributed by atoms with E-state index in [1.54, 1.807) is 54.9 Å². The van der Waals surface area contributed by atoms with Crippen molar-refractivity contribution in [3.05, 3.63) is 96.3 Å². The van der Waals surface area contributed by atoms with Gasteiger partial charge < -0.3 is 16.0 Å². The maximum Gasteiger partial charge on any atom is 0.323 e. The van der Waals surface area contributed by atoms with Gasteiger partial charge in [0.25, 0.3) is 5.91 Å². The Morgan fingerprint density at radius 2 is 1.78 bits per heavy atom. The number of hydrogen-bond acceptors (Lipinski definition) is 4. The Labute approximate surface area is 183 Å². The summed E-state index contributed by atoms with van der Waals surface area (Å²) in [5.41, 5.74) is 3.00. The highest BCUT2D eigenvalue weighted by Crippen LogP contribution is 2.17. The summed E-state index contributed by atoms with van der Waals surface area (Å²) in [6, 6.07) is 15.7. The second kappa shape index (κ2) is 9.09. The zero-order valence-electron chi connectivity index (χ0n) is 17.0. The van der Waals surface area contributed by atoms with Gasteiger partial charge in [-0.15, -0.1) is 0 Å². The minimum Gasteiger partial charge on any atom is -0.322 e. The van der Waals surface area contributed by atoms with Crippen molar-refractivity contribution in [1.29, 1.82) is 0 Å². The second-order valence-corrected chi connectivity index (χ2v) is 6.92. The first-order valence-corrected chi connectivity index (χ1v) is 9.69. The van der Waals surface area contributed by atoms with Gasteiger partial charge in [-0.3, -0.25) is 9.78 Å². The molecule has 0 aliphatic heterocycles. The van der Waals surface area contributed by atoms with Crippen molar-refractivity contribution >= 4 is 29.0 Å².